The third-order valence-corrected chi connectivity index (χ3v) is 4.11. The summed E-state index contributed by atoms with van der Waals surface area (Å²) < 4.78 is 25.6. The van der Waals surface area contributed by atoms with Crippen molar-refractivity contribution in [2.24, 2.45) is 0 Å². The van der Waals surface area contributed by atoms with Gasteiger partial charge in [-0.1, -0.05) is 11.6 Å². The van der Waals surface area contributed by atoms with Crippen LogP contribution in [0.25, 0.3) is 0 Å². The molecule has 0 radical (unpaired) electrons. The molecule has 2 rings (SSSR count). The molecule has 0 amide bonds. The Bertz CT molecular complexity index is 780. The highest BCUT2D eigenvalue weighted by molar-refractivity contribution is 7.89. The van der Waals surface area contributed by atoms with Gasteiger partial charge in [0, 0.05) is 11.8 Å². The van der Waals surface area contributed by atoms with Crippen molar-refractivity contribution in [1.82, 2.24) is 14.7 Å². The van der Waals surface area contributed by atoms with Crippen LogP contribution in [0.3, 0.4) is 0 Å². The molecule has 3 N–H and O–H groups in total. The number of carbonyl (C=O) groups is 1. The predicted octanol–water partition coefficient (Wildman–Crippen LogP) is 1.24. The molecule has 0 fully saturated rings. The standard InChI is InChI=1S/C12H11ClN4O4S/c13-10-5-11(15-7-14-10)17-8-1-3-9(4-2-8)22(20,21)16-6-12(18)19/h1-5,7,16H,6H2,(H,18,19)(H,14,15,17). The zero-order valence-corrected chi connectivity index (χ0v) is 12.6. The molecule has 0 saturated carbocycles. The highest BCUT2D eigenvalue weighted by Gasteiger charge is 2.14. The minimum absolute atomic E-state index is 0.0416. The molecule has 2 aromatic rings. The minimum Gasteiger partial charge on any atom is -0.480 e. The summed E-state index contributed by atoms with van der Waals surface area (Å²) in [6, 6.07) is 7.24. The maximum absolute atomic E-state index is 11.8. The molecular formula is C12H11ClN4O4S. The zero-order chi connectivity index (χ0) is 16.2. The molecule has 0 aliphatic heterocycles. The first-order valence-corrected chi connectivity index (χ1v) is 7.79. The Morgan fingerprint density at radius 2 is 1.91 bits per heavy atom. The van der Waals surface area contributed by atoms with Gasteiger partial charge in [-0.05, 0) is 24.3 Å². The summed E-state index contributed by atoms with van der Waals surface area (Å²) in [5, 5.41) is 11.7. The number of anilines is 2. The van der Waals surface area contributed by atoms with Crippen molar-refractivity contribution < 1.29 is 18.3 Å². The summed E-state index contributed by atoms with van der Waals surface area (Å²) in [7, 11) is -3.86. The molecule has 1 aromatic carbocycles. The van der Waals surface area contributed by atoms with E-state index in [9.17, 15) is 13.2 Å². The molecule has 0 aliphatic rings. The van der Waals surface area contributed by atoms with Crippen molar-refractivity contribution in [3.05, 3.63) is 41.8 Å². The van der Waals surface area contributed by atoms with Crippen LogP contribution in [0.2, 0.25) is 5.15 Å². The molecule has 0 bridgehead atoms. The number of rotatable bonds is 6. The second-order valence-electron chi connectivity index (χ2n) is 4.09. The quantitative estimate of drug-likeness (QED) is 0.675. The normalized spacial score (nSPS) is 11.1. The van der Waals surface area contributed by atoms with E-state index in [0.717, 1.165) is 0 Å². The van der Waals surface area contributed by atoms with Gasteiger partial charge in [0.25, 0.3) is 0 Å². The number of aliphatic carboxylic acids is 1. The van der Waals surface area contributed by atoms with Crippen molar-refractivity contribution >= 4 is 39.1 Å². The molecule has 0 spiro atoms. The van der Waals surface area contributed by atoms with Gasteiger partial charge in [-0.25, -0.2) is 18.4 Å². The van der Waals surface area contributed by atoms with E-state index in [1.165, 1.54) is 36.7 Å². The number of hydrogen-bond donors (Lipinski definition) is 3. The van der Waals surface area contributed by atoms with E-state index in [2.05, 4.69) is 15.3 Å². The number of carboxylic acids is 1. The molecule has 0 saturated heterocycles. The first-order valence-electron chi connectivity index (χ1n) is 5.93. The number of carboxylic acid groups (broad SMARTS) is 1. The van der Waals surface area contributed by atoms with Crippen LogP contribution in [0.1, 0.15) is 0 Å². The van der Waals surface area contributed by atoms with E-state index < -0.39 is 22.5 Å². The Morgan fingerprint density at radius 1 is 1.23 bits per heavy atom. The van der Waals surface area contributed by atoms with Crippen LogP contribution in [0.4, 0.5) is 11.5 Å². The lowest BCUT2D eigenvalue weighted by molar-refractivity contribution is -0.135. The molecule has 116 valence electrons. The lowest BCUT2D eigenvalue weighted by atomic mass is 10.3. The van der Waals surface area contributed by atoms with Crippen LogP contribution >= 0.6 is 11.6 Å². The van der Waals surface area contributed by atoms with Gasteiger partial charge in [0.2, 0.25) is 10.0 Å². The van der Waals surface area contributed by atoms with Crippen molar-refractivity contribution in [2.75, 3.05) is 11.9 Å². The average Bonchev–Trinajstić information content (AvgIpc) is 2.46. The third-order valence-electron chi connectivity index (χ3n) is 2.48. The first-order chi connectivity index (χ1) is 10.4. The van der Waals surface area contributed by atoms with Gasteiger partial charge in [0.15, 0.2) is 0 Å². The van der Waals surface area contributed by atoms with Crippen LogP contribution in [0.15, 0.2) is 41.6 Å². The van der Waals surface area contributed by atoms with Gasteiger partial charge < -0.3 is 10.4 Å². The molecule has 10 heteroatoms. The van der Waals surface area contributed by atoms with E-state index in [0.29, 0.717) is 11.5 Å². The van der Waals surface area contributed by atoms with Crippen molar-refractivity contribution in [2.45, 2.75) is 4.90 Å². The lowest BCUT2D eigenvalue weighted by Crippen LogP contribution is -2.29. The summed E-state index contributed by atoms with van der Waals surface area (Å²) in [6.45, 7) is -0.679. The Kier molecular flexibility index (Phi) is 4.91. The fraction of sp³-hybridized carbons (Fsp3) is 0.0833. The molecule has 0 unspecified atom stereocenters. The second-order valence-corrected chi connectivity index (χ2v) is 6.25. The SMILES string of the molecule is O=C(O)CNS(=O)(=O)c1ccc(Nc2cc(Cl)ncn2)cc1. The van der Waals surface area contributed by atoms with Crippen LogP contribution in [0.5, 0.6) is 0 Å². The number of aromatic nitrogens is 2. The predicted molar refractivity (Wildman–Crippen MR) is 79.6 cm³/mol. The van der Waals surface area contributed by atoms with Gasteiger partial charge in [0.1, 0.15) is 23.8 Å². The number of nitrogens with zero attached hydrogens (tertiary/aromatic N) is 2. The molecule has 0 atom stereocenters. The molecule has 1 heterocycles. The van der Waals surface area contributed by atoms with Crippen LogP contribution < -0.4 is 10.0 Å². The number of benzene rings is 1. The molecule has 1 aromatic heterocycles. The van der Waals surface area contributed by atoms with E-state index in [1.54, 1.807) is 0 Å². The highest BCUT2D eigenvalue weighted by atomic mass is 35.5. The topological polar surface area (TPSA) is 121 Å². The summed E-state index contributed by atoms with van der Waals surface area (Å²) in [5.74, 6) is -0.804. The van der Waals surface area contributed by atoms with Crippen LogP contribution in [0, 0.1) is 0 Å². The van der Waals surface area contributed by atoms with Crippen molar-refractivity contribution in [3.63, 3.8) is 0 Å². The van der Waals surface area contributed by atoms with Gasteiger partial charge in [0.05, 0.1) is 4.90 Å². The fourth-order valence-electron chi connectivity index (χ4n) is 1.51. The maximum atomic E-state index is 11.8. The van der Waals surface area contributed by atoms with Crippen LogP contribution in [-0.4, -0.2) is 36.0 Å². The fourth-order valence-corrected chi connectivity index (χ4v) is 2.63. The lowest BCUT2D eigenvalue weighted by Gasteiger charge is -2.08. The minimum atomic E-state index is -3.86. The smallest absolute Gasteiger partial charge is 0.318 e. The summed E-state index contributed by atoms with van der Waals surface area (Å²) >= 11 is 5.73. The second kappa shape index (κ2) is 6.69. The maximum Gasteiger partial charge on any atom is 0.318 e. The van der Waals surface area contributed by atoms with E-state index >= 15 is 0 Å². The Labute approximate surface area is 131 Å². The first kappa shape index (κ1) is 16.1. The largest absolute Gasteiger partial charge is 0.480 e. The molecule has 0 aliphatic carbocycles. The van der Waals surface area contributed by atoms with E-state index in [4.69, 9.17) is 16.7 Å². The Balaban J connectivity index is 2.11. The molecule has 8 nitrogen and oxygen atoms in total. The van der Waals surface area contributed by atoms with Crippen molar-refractivity contribution in [1.29, 1.82) is 0 Å². The molecule has 22 heavy (non-hydrogen) atoms. The number of nitrogens with one attached hydrogen (secondary N) is 2. The zero-order valence-electron chi connectivity index (χ0n) is 11.0. The van der Waals surface area contributed by atoms with Gasteiger partial charge in [-0.15, -0.1) is 0 Å². The number of sulfonamides is 1. The average molecular weight is 343 g/mol. The summed E-state index contributed by atoms with van der Waals surface area (Å²) in [4.78, 5) is 18.1. The summed E-state index contributed by atoms with van der Waals surface area (Å²) in [6.07, 6.45) is 1.29. The Morgan fingerprint density at radius 3 is 2.50 bits per heavy atom. The number of halogens is 1. The Hall–Kier alpha value is -2.23. The van der Waals surface area contributed by atoms with Crippen molar-refractivity contribution in [3.8, 4) is 0 Å². The molecular weight excluding hydrogens is 332 g/mol. The summed E-state index contributed by atoms with van der Waals surface area (Å²) in [5.41, 5.74) is 0.590. The van der Waals surface area contributed by atoms with Gasteiger partial charge >= 0.3 is 5.97 Å². The van der Waals surface area contributed by atoms with Gasteiger partial charge in [-0.2, -0.15) is 4.72 Å². The van der Waals surface area contributed by atoms with Gasteiger partial charge in [-0.3, -0.25) is 4.79 Å². The third kappa shape index (κ3) is 4.38. The van der Waals surface area contributed by atoms with E-state index in [-0.39, 0.29) is 10.0 Å². The number of hydrogen-bond acceptors (Lipinski definition) is 6. The monoisotopic (exact) mass is 342 g/mol. The highest BCUT2D eigenvalue weighted by Crippen LogP contribution is 2.18. The van der Waals surface area contributed by atoms with E-state index in [1.807, 2.05) is 4.72 Å². The van der Waals surface area contributed by atoms with Crippen LogP contribution in [-0.2, 0) is 14.8 Å².